The van der Waals surface area contributed by atoms with Gasteiger partial charge in [0.15, 0.2) is 5.78 Å². The van der Waals surface area contributed by atoms with Gasteiger partial charge in [-0.2, -0.15) is 0 Å². The van der Waals surface area contributed by atoms with Crippen molar-refractivity contribution in [1.82, 2.24) is 4.57 Å². The largest absolute Gasteiger partial charge is 0.488 e. The van der Waals surface area contributed by atoms with Gasteiger partial charge in [-0.05, 0) is 49.4 Å². The summed E-state index contributed by atoms with van der Waals surface area (Å²) in [5.74, 6) is 0.384. The fourth-order valence-corrected chi connectivity index (χ4v) is 4.39. The van der Waals surface area contributed by atoms with E-state index in [1.807, 2.05) is 19.9 Å². The van der Waals surface area contributed by atoms with E-state index in [2.05, 4.69) is 18.4 Å². The number of aromatic nitrogens is 1. The Morgan fingerprint density at radius 2 is 2.00 bits per heavy atom. The van der Waals surface area contributed by atoms with E-state index in [0.29, 0.717) is 24.2 Å². The first kappa shape index (κ1) is 16.9. The van der Waals surface area contributed by atoms with E-state index in [1.165, 1.54) is 0 Å². The average molecular weight is 352 g/mol. The Kier molecular flexibility index (Phi) is 3.55. The Morgan fingerprint density at radius 3 is 2.69 bits per heavy atom. The highest BCUT2D eigenvalue weighted by Gasteiger charge is 2.38. The zero-order valence-electron chi connectivity index (χ0n) is 15.7. The maximum atomic E-state index is 12.9. The zero-order valence-corrected chi connectivity index (χ0v) is 15.7. The van der Waals surface area contributed by atoms with Gasteiger partial charge in [0.25, 0.3) is 0 Å². The number of benzene rings is 1. The van der Waals surface area contributed by atoms with Crippen LogP contribution in [-0.4, -0.2) is 22.4 Å². The maximum Gasteiger partial charge on any atom is 0.248 e. The van der Waals surface area contributed by atoms with Crippen LogP contribution in [0, 0.1) is 12.3 Å². The van der Waals surface area contributed by atoms with E-state index < -0.39 is 5.91 Å². The lowest BCUT2D eigenvalue weighted by molar-refractivity contribution is 0.0909. The molecule has 2 aromatic rings. The Labute approximate surface area is 153 Å². The molecular weight excluding hydrogens is 328 g/mol. The molecule has 136 valence electrons. The second kappa shape index (κ2) is 5.47. The van der Waals surface area contributed by atoms with E-state index in [1.54, 1.807) is 12.1 Å². The Bertz CT molecular complexity index is 953. The van der Waals surface area contributed by atoms with Crippen molar-refractivity contribution in [1.29, 1.82) is 0 Å². The molecule has 0 saturated carbocycles. The molecular formula is C21H24N2O3. The summed E-state index contributed by atoms with van der Waals surface area (Å²) >= 11 is 0. The third-order valence-corrected chi connectivity index (χ3v) is 5.49. The summed E-state index contributed by atoms with van der Waals surface area (Å²) in [5, 5.41) is 0. The van der Waals surface area contributed by atoms with Crippen LogP contribution in [0.3, 0.4) is 0 Å². The Balaban J connectivity index is 2.02. The standard InChI is InChI=1S/C21H24N2O3/c1-11-7-15-12(2)19-16(9-21(3,4)10-17(19)24)23(15)14-6-5-13(20(22)25)8-18(14)26-11/h5-6,8,11H,7,9-10H2,1-4H3,(H2,22,25). The zero-order chi connectivity index (χ0) is 18.8. The van der Waals surface area contributed by atoms with Crippen molar-refractivity contribution in [2.24, 2.45) is 11.1 Å². The predicted octanol–water partition coefficient (Wildman–Crippen LogP) is 3.36. The smallest absolute Gasteiger partial charge is 0.248 e. The number of hydrogen-bond donors (Lipinski definition) is 1. The molecule has 1 unspecified atom stereocenters. The van der Waals surface area contributed by atoms with Crippen LogP contribution >= 0.6 is 0 Å². The molecule has 0 bridgehead atoms. The first-order valence-electron chi connectivity index (χ1n) is 9.05. The molecule has 2 heterocycles. The normalized spacial score (nSPS) is 20.5. The summed E-state index contributed by atoms with van der Waals surface area (Å²) in [6.45, 7) is 8.32. The number of nitrogens with zero attached hydrogens (tertiary/aromatic N) is 1. The first-order chi connectivity index (χ1) is 12.2. The molecule has 1 aromatic carbocycles. The van der Waals surface area contributed by atoms with Crippen LogP contribution in [0.25, 0.3) is 5.69 Å². The number of hydrogen-bond acceptors (Lipinski definition) is 3. The molecule has 1 aromatic heterocycles. The highest BCUT2D eigenvalue weighted by molar-refractivity contribution is 6.01. The van der Waals surface area contributed by atoms with Crippen LogP contribution in [-0.2, 0) is 12.8 Å². The van der Waals surface area contributed by atoms with Crippen molar-refractivity contribution in [2.75, 3.05) is 0 Å². The van der Waals surface area contributed by atoms with Gasteiger partial charge in [-0.15, -0.1) is 0 Å². The first-order valence-corrected chi connectivity index (χ1v) is 9.05. The lowest BCUT2D eigenvalue weighted by atomic mass is 9.75. The quantitative estimate of drug-likeness (QED) is 0.855. The lowest BCUT2D eigenvalue weighted by Gasteiger charge is -2.30. The summed E-state index contributed by atoms with van der Waals surface area (Å²) in [6, 6.07) is 5.31. The SMILES string of the molecule is Cc1c2c(n3c1CC(C)Oc1cc(C(N)=O)ccc1-3)CC(C)(C)CC2=O. The summed E-state index contributed by atoms with van der Waals surface area (Å²) in [6.07, 6.45) is 2.06. The number of amides is 1. The molecule has 2 aliphatic rings. The summed E-state index contributed by atoms with van der Waals surface area (Å²) < 4.78 is 8.29. The van der Waals surface area contributed by atoms with E-state index in [-0.39, 0.29) is 17.3 Å². The summed E-state index contributed by atoms with van der Waals surface area (Å²) in [7, 11) is 0. The van der Waals surface area contributed by atoms with Gasteiger partial charge in [0.2, 0.25) is 5.91 Å². The van der Waals surface area contributed by atoms with Gasteiger partial charge in [-0.3, -0.25) is 9.59 Å². The minimum Gasteiger partial charge on any atom is -0.488 e. The molecule has 2 N–H and O–H groups in total. The van der Waals surface area contributed by atoms with E-state index in [9.17, 15) is 9.59 Å². The topological polar surface area (TPSA) is 74.3 Å². The molecule has 0 radical (unpaired) electrons. The predicted molar refractivity (Wildman–Crippen MR) is 99.3 cm³/mol. The van der Waals surface area contributed by atoms with E-state index in [4.69, 9.17) is 10.5 Å². The molecule has 0 fully saturated rings. The van der Waals surface area contributed by atoms with Gasteiger partial charge in [-0.25, -0.2) is 0 Å². The van der Waals surface area contributed by atoms with E-state index >= 15 is 0 Å². The minimum absolute atomic E-state index is 0.0590. The van der Waals surface area contributed by atoms with Crippen molar-refractivity contribution in [2.45, 2.75) is 53.1 Å². The molecule has 1 aliphatic carbocycles. The van der Waals surface area contributed by atoms with Crippen molar-refractivity contribution in [3.8, 4) is 11.4 Å². The monoisotopic (exact) mass is 352 g/mol. The molecule has 5 nitrogen and oxygen atoms in total. The number of ketones is 1. The summed E-state index contributed by atoms with van der Waals surface area (Å²) in [5.41, 5.74) is 10.8. The third-order valence-electron chi connectivity index (χ3n) is 5.49. The lowest BCUT2D eigenvalue weighted by Crippen LogP contribution is -2.28. The number of carbonyl (C=O) groups excluding carboxylic acids is 2. The molecule has 0 spiro atoms. The van der Waals surface area contributed by atoms with Crippen molar-refractivity contribution >= 4 is 11.7 Å². The van der Waals surface area contributed by atoms with Crippen molar-refractivity contribution < 1.29 is 14.3 Å². The average Bonchev–Trinajstić information content (AvgIpc) is 2.70. The molecule has 26 heavy (non-hydrogen) atoms. The molecule has 1 aliphatic heterocycles. The number of Topliss-reactive ketones (excluding diaryl/α,β-unsaturated/α-hetero) is 1. The number of carbonyl (C=O) groups is 2. The number of nitrogens with two attached hydrogens (primary N) is 1. The number of ether oxygens (including phenoxy) is 1. The highest BCUT2D eigenvalue weighted by Crippen LogP contribution is 2.43. The number of fused-ring (bicyclic) bond motifs is 5. The van der Waals surface area contributed by atoms with Crippen LogP contribution < -0.4 is 10.5 Å². The number of primary amides is 1. The van der Waals surface area contributed by atoms with E-state index in [0.717, 1.165) is 34.6 Å². The molecule has 0 saturated heterocycles. The van der Waals surface area contributed by atoms with Gasteiger partial charge < -0.3 is 15.0 Å². The fourth-order valence-electron chi connectivity index (χ4n) is 4.39. The molecule has 4 rings (SSSR count). The Morgan fingerprint density at radius 1 is 1.27 bits per heavy atom. The minimum atomic E-state index is -0.476. The number of rotatable bonds is 1. The van der Waals surface area contributed by atoms with Gasteiger partial charge in [-0.1, -0.05) is 13.8 Å². The molecule has 1 atom stereocenters. The van der Waals surface area contributed by atoms with Crippen LogP contribution in [0.5, 0.6) is 5.75 Å². The second-order valence-electron chi connectivity index (χ2n) is 8.35. The van der Waals surface area contributed by atoms with Gasteiger partial charge in [0.05, 0.1) is 5.69 Å². The molecule has 5 heteroatoms. The Hall–Kier alpha value is -2.56. The third kappa shape index (κ3) is 2.45. The van der Waals surface area contributed by atoms with Gasteiger partial charge in [0.1, 0.15) is 11.9 Å². The van der Waals surface area contributed by atoms with Gasteiger partial charge >= 0.3 is 0 Å². The van der Waals surface area contributed by atoms with Crippen LogP contribution in [0.1, 0.15) is 64.9 Å². The van der Waals surface area contributed by atoms with Gasteiger partial charge in [0, 0.05) is 35.4 Å². The molecule has 1 amide bonds. The maximum absolute atomic E-state index is 12.9. The van der Waals surface area contributed by atoms with Crippen LogP contribution in [0.4, 0.5) is 0 Å². The summed E-state index contributed by atoms with van der Waals surface area (Å²) in [4.78, 5) is 24.4. The van der Waals surface area contributed by atoms with Crippen LogP contribution in [0.2, 0.25) is 0 Å². The highest BCUT2D eigenvalue weighted by atomic mass is 16.5. The fraction of sp³-hybridized carbons (Fsp3) is 0.429. The second-order valence-corrected chi connectivity index (χ2v) is 8.35. The van der Waals surface area contributed by atoms with Crippen LogP contribution in [0.15, 0.2) is 18.2 Å². The van der Waals surface area contributed by atoms with Crippen molar-refractivity contribution in [3.05, 3.63) is 46.3 Å². The van der Waals surface area contributed by atoms with Crippen molar-refractivity contribution in [3.63, 3.8) is 0 Å².